The van der Waals surface area contributed by atoms with Crippen LogP contribution < -0.4 is 10.6 Å². The molecule has 1 heterocycles. The van der Waals surface area contributed by atoms with E-state index in [0.29, 0.717) is 12.0 Å². The minimum atomic E-state index is -1.18. The van der Waals surface area contributed by atoms with Crippen molar-refractivity contribution in [2.75, 3.05) is 0 Å². The Bertz CT molecular complexity index is 354. The summed E-state index contributed by atoms with van der Waals surface area (Å²) >= 11 is 4.77. The molecule has 0 aromatic heterocycles. The number of nitrogens with one attached hydrogen (secondary N) is 2. The maximum absolute atomic E-state index is 12.0. The lowest BCUT2D eigenvalue weighted by Gasteiger charge is -2.37. The van der Waals surface area contributed by atoms with Crippen LogP contribution in [0, 0.1) is 11.3 Å². The zero-order valence-electron chi connectivity index (χ0n) is 9.72. The Kier molecular flexibility index (Phi) is 3.48. The van der Waals surface area contributed by atoms with Gasteiger partial charge in [-0.1, -0.05) is 32.9 Å². The van der Waals surface area contributed by atoms with Crippen LogP contribution in [0.1, 0.15) is 27.2 Å². The molecule has 0 aromatic carbocycles. The minimum Gasteiger partial charge on any atom is -0.302 e. The first-order chi connectivity index (χ1) is 7.36. The van der Waals surface area contributed by atoms with Crippen LogP contribution in [-0.4, -0.2) is 16.9 Å². The molecule has 88 valence electrons. The van der Waals surface area contributed by atoms with Crippen molar-refractivity contribution in [1.29, 1.82) is 0 Å². The van der Waals surface area contributed by atoms with Gasteiger partial charge < -0.3 is 10.6 Å². The second-order valence-electron chi connectivity index (χ2n) is 4.18. The highest BCUT2D eigenvalue weighted by Gasteiger charge is 2.50. The van der Waals surface area contributed by atoms with E-state index in [1.54, 1.807) is 6.92 Å². The molecule has 1 rings (SSSR count). The zero-order valence-corrected chi connectivity index (χ0v) is 10.5. The molecule has 0 spiro atoms. The summed E-state index contributed by atoms with van der Waals surface area (Å²) in [6, 6.07) is 0. The fourth-order valence-electron chi connectivity index (χ4n) is 1.89. The first-order valence-electron chi connectivity index (χ1n) is 5.22. The van der Waals surface area contributed by atoms with Crippen LogP contribution in [0.2, 0.25) is 0 Å². The Morgan fingerprint density at radius 1 is 1.38 bits per heavy atom. The molecule has 16 heavy (non-hydrogen) atoms. The lowest BCUT2D eigenvalue weighted by molar-refractivity contribution is -0.141. The van der Waals surface area contributed by atoms with E-state index in [4.69, 9.17) is 12.2 Å². The van der Waals surface area contributed by atoms with E-state index in [-0.39, 0.29) is 22.8 Å². The van der Waals surface area contributed by atoms with Crippen molar-refractivity contribution in [3.63, 3.8) is 0 Å². The molecule has 0 unspecified atom stereocenters. The fraction of sp³-hybridized carbons (Fsp3) is 0.545. The summed E-state index contributed by atoms with van der Waals surface area (Å²) in [7, 11) is 0. The third-order valence-electron chi connectivity index (χ3n) is 3.00. The molecule has 2 N–H and O–H groups in total. The number of amides is 2. The molecule has 1 aliphatic heterocycles. The predicted molar refractivity (Wildman–Crippen MR) is 65.6 cm³/mol. The zero-order chi connectivity index (χ0) is 12.5. The first kappa shape index (κ1) is 12.8. The first-order valence-corrected chi connectivity index (χ1v) is 5.63. The molecule has 1 fully saturated rings. The molecule has 0 atom stereocenters. The van der Waals surface area contributed by atoms with E-state index < -0.39 is 5.41 Å². The molecule has 0 aliphatic carbocycles. The third kappa shape index (κ3) is 1.75. The summed E-state index contributed by atoms with van der Waals surface area (Å²) in [6.07, 6.45) is 0.379. The Morgan fingerprint density at radius 2 is 1.81 bits per heavy atom. The molecule has 4 nitrogen and oxygen atoms in total. The van der Waals surface area contributed by atoms with Crippen LogP contribution in [0.5, 0.6) is 0 Å². The van der Waals surface area contributed by atoms with Crippen molar-refractivity contribution in [3.8, 4) is 0 Å². The molecule has 0 radical (unpaired) electrons. The van der Waals surface area contributed by atoms with Crippen molar-refractivity contribution < 1.29 is 9.59 Å². The maximum atomic E-state index is 12.0. The lowest BCUT2D eigenvalue weighted by Crippen LogP contribution is -2.63. The van der Waals surface area contributed by atoms with E-state index in [2.05, 4.69) is 17.2 Å². The molecule has 0 aromatic rings. The van der Waals surface area contributed by atoms with Crippen LogP contribution in [0.25, 0.3) is 0 Å². The number of thiocarbonyl (C=S) groups is 1. The summed E-state index contributed by atoms with van der Waals surface area (Å²) in [5.74, 6) is -0.687. The van der Waals surface area contributed by atoms with Gasteiger partial charge in [-0.25, -0.2) is 0 Å². The van der Waals surface area contributed by atoms with Crippen molar-refractivity contribution in [1.82, 2.24) is 10.6 Å². The van der Waals surface area contributed by atoms with Crippen molar-refractivity contribution >= 4 is 29.1 Å². The molecule has 1 saturated heterocycles. The average molecular weight is 240 g/mol. The van der Waals surface area contributed by atoms with Gasteiger partial charge in [0.1, 0.15) is 5.41 Å². The highest BCUT2D eigenvalue weighted by Crippen LogP contribution is 2.36. The van der Waals surface area contributed by atoms with E-state index in [1.807, 2.05) is 13.8 Å². The normalized spacial score (nSPS) is 19.4. The van der Waals surface area contributed by atoms with Gasteiger partial charge in [0, 0.05) is 0 Å². The van der Waals surface area contributed by atoms with Crippen LogP contribution >= 0.6 is 12.2 Å². The van der Waals surface area contributed by atoms with Gasteiger partial charge in [0.05, 0.1) is 0 Å². The van der Waals surface area contributed by atoms with E-state index >= 15 is 0 Å². The van der Waals surface area contributed by atoms with E-state index in [1.165, 1.54) is 0 Å². The van der Waals surface area contributed by atoms with Crippen LogP contribution in [0.15, 0.2) is 12.2 Å². The summed E-state index contributed by atoms with van der Waals surface area (Å²) < 4.78 is 0. The predicted octanol–water partition coefficient (Wildman–Crippen LogP) is 1.13. The van der Waals surface area contributed by atoms with Gasteiger partial charge in [0.25, 0.3) is 0 Å². The average Bonchev–Trinajstić information content (AvgIpc) is 2.17. The van der Waals surface area contributed by atoms with Gasteiger partial charge in [-0.2, -0.15) is 0 Å². The summed E-state index contributed by atoms with van der Waals surface area (Å²) in [4.78, 5) is 24.0. The highest BCUT2D eigenvalue weighted by atomic mass is 32.1. The van der Waals surface area contributed by atoms with Crippen LogP contribution in [-0.2, 0) is 9.59 Å². The molecule has 2 amide bonds. The third-order valence-corrected chi connectivity index (χ3v) is 3.21. The minimum absolute atomic E-state index is 0.0584. The molecular weight excluding hydrogens is 224 g/mol. The second-order valence-corrected chi connectivity index (χ2v) is 4.58. The highest BCUT2D eigenvalue weighted by molar-refractivity contribution is 7.80. The maximum Gasteiger partial charge on any atom is 0.245 e. The monoisotopic (exact) mass is 240 g/mol. The Balaban J connectivity index is 3.21. The van der Waals surface area contributed by atoms with Gasteiger partial charge in [-0.3, -0.25) is 9.59 Å². The Labute approximate surface area is 100 Å². The largest absolute Gasteiger partial charge is 0.302 e. The smallest absolute Gasteiger partial charge is 0.245 e. The fourth-order valence-corrected chi connectivity index (χ4v) is 2.07. The summed E-state index contributed by atoms with van der Waals surface area (Å²) in [6.45, 7) is 9.49. The summed E-state index contributed by atoms with van der Waals surface area (Å²) in [5, 5.41) is 5.04. The molecule has 5 heteroatoms. The molecule has 0 saturated carbocycles. The van der Waals surface area contributed by atoms with Crippen LogP contribution in [0.3, 0.4) is 0 Å². The molecule has 0 bridgehead atoms. The SMILES string of the molecule is C=C(C(C)C)C1(CC)C(=O)NC(=S)NC1=O. The lowest BCUT2D eigenvalue weighted by atomic mass is 9.71. The molecule has 1 aliphatic rings. The van der Waals surface area contributed by atoms with Gasteiger partial charge in [0.2, 0.25) is 11.8 Å². The standard InChI is InChI=1S/C11H16N2O2S/c1-5-11(7(4)6(2)3)8(14)12-10(16)13-9(11)15/h6H,4-5H2,1-3H3,(H2,12,13,14,15,16). The topological polar surface area (TPSA) is 58.2 Å². The van der Waals surface area contributed by atoms with Crippen molar-refractivity contribution in [2.24, 2.45) is 11.3 Å². The number of hydrogen-bond donors (Lipinski definition) is 2. The van der Waals surface area contributed by atoms with E-state index in [9.17, 15) is 9.59 Å². The second kappa shape index (κ2) is 4.33. The van der Waals surface area contributed by atoms with Gasteiger partial charge in [0.15, 0.2) is 5.11 Å². The van der Waals surface area contributed by atoms with Gasteiger partial charge in [-0.05, 0) is 24.6 Å². The molecular formula is C11H16N2O2S. The number of rotatable bonds is 3. The van der Waals surface area contributed by atoms with Crippen molar-refractivity contribution in [2.45, 2.75) is 27.2 Å². The van der Waals surface area contributed by atoms with Gasteiger partial charge >= 0.3 is 0 Å². The Hall–Kier alpha value is -1.23. The number of carbonyl (C=O) groups is 2. The van der Waals surface area contributed by atoms with Gasteiger partial charge in [-0.15, -0.1) is 0 Å². The van der Waals surface area contributed by atoms with Crippen LogP contribution in [0.4, 0.5) is 0 Å². The number of carbonyl (C=O) groups excluding carboxylic acids is 2. The number of hydrogen-bond acceptors (Lipinski definition) is 3. The van der Waals surface area contributed by atoms with E-state index in [0.717, 1.165) is 0 Å². The Morgan fingerprint density at radius 3 is 2.12 bits per heavy atom. The van der Waals surface area contributed by atoms with Crippen molar-refractivity contribution in [3.05, 3.63) is 12.2 Å². The quantitative estimate of drug-likeness (QED) is 0.441. The summed E-state index contributed by atoms with van der Waals surface area (Å²) in [5.41, 5.74) is -0.566.